The van der Waals surface area contributed by atoms with Gasteiger partial charge in [0.2, 0.25) is 5.91 Å². The highest BCUT2D eigenvalue weighted by Crippen LogP contribution is 2.27. The molecule has 0 radical (unpaired) electrons. The van der Waals surface area contributed by atoms with E-state index in [1.54, 1.807) is 11.8 Å². The van der Waals surface area contributed by atoms with E-state index < -0.39 is 0 Å². The van der Waals surface area contributed by atoms with Crippen LogP contribution in [0.25, 0.3) is 10.9 Å². The van der Waals surface area contributed by atoms with Crippen molar-refractivity contribution in [1.82, 2.24) is 14.7 Å². The molecule has 0 atom stereocenters. The molecule has 1 saturated carbocycles. The fraction of sp³-hybridized carbons (Fsp3) is 0.591. The van der Waals surface area contributed by atoms with Gasteiger partial charge in [-0.15, -0.1) is 0 Å². The number of fused-ring (bicyclic) bond motifs is 1. The first-order chi connectivity index (χ1) is 13.5. The Balaban J connectivity index is 1.94. The van der Waals surface area contributed by atoms with Crippen LogP contribution in [-0.2, 0) is 11.3 Å². The average Bonchev–Trinajstić information content (AvgIpc) is 3.06. The van der Waals surface area contributed by atoms with Crippen LogP contribution in [0.3, 0.4) is 0 Å². The van der Waals surface area contributed by atoms with E-state index in [4.69, 9.17) is 4.74 Å². The summed E-state index contributed by atoms with van der Waals surface area (Å²) >= 11 is 0. The van der Waals surface area contributed by atoms with Crippen LogP contribution < -0.4 is 4.74 Å². The molecule has 1 aromatic heterocycles. The number of nitrogens with zero attached hydrogens (tertiary/aromatic N) is 3. The molecule has 0 saturated heterocycles. The number of methoxy groups -OCH3 is 1. The number of aromatic nitrogens is 2. The first kappa shape index (κ1) is 20.4. The quantitative estimate of drug-likeness (QED) is 0.674. The molecule has 152 valence electrons. The third-order valence-electron chi connectivity index (χ3n) is 5.68. The number of hydrogen-bond acceptors (Lipinski definition) is 4. The molecule has 3 rings (SSSR count). The molecule has 1 aromatic carbocycles. The zero-order chi connectivity index (χ0) is 20.3. The van der Waals surface area contributed by atoms with Crippen molar-refractivity contribution in [2.45, 2.75) is 65.5 Å². The topological polar surface area (TPSA) is 64.4 Å². The van der Waals surface area contributed by atoms with Gasteiger partial charge in [-0.1, -0.05) is 33.1 Å². The SMILES string of the molecule is CCN(C(=O)Cn1nc(C(=O)C(C)C)c2ccc(OC)cc21)C1CCCCC1. The Morgan fingerprint density at radius 3 is 2.57 bits per heavy atom. The molecule has 1 fully saturated rings. The predicted octanol–water partition coefficient (Wildman–Crippen LogP) is 4.06. The number of ether oxygens (including phenoxy) is 1. The van der Waals surface area contributed by atoms with Crippen molar-refractivity contribution in [1.29, 1.82) is 0 Å². The van der Waals surface area contributed by atoms with Gasteiger partial charge in [0.15, 0.2) is 5.78 Å². The highest BCUT2D eigenvalue weighted by Gasteiger charge is 2.26. The highest BCUT2D eigenvalue weighted by atomic mass is 16.5. The van der Waals surface area contributed by atoms with Gasteiger partial charge in [0, 0.05) is 30.0 Å². The Kier molecular flexibility index (Phi) is 6.37. The van der Waals surface area contributed by atoms with Crippen molar-refractivity contribution in [3.8, 4) is 5.75 Å². The van der Waals surface area contributed by atoms with Gasteiger partial charge in [-0.3, -0.25) is 14.3 Å². The van der Waals surface area contributed by atoms with Gasteiger partial charge in [0.1, 0.15) is 18.0 Å². The minimum Gasteiger partial charge on any atom is -0.497 e. The molecule has 0 bridgehead atoms. The number of carbonyl (C=O) groups is 2. The van der Waals surface area contributed by atoms with E-state index in [1.807, 2.05) is 43.9 Å². The lowest BCUT2D eigenvalue weighted by atomic mass is 9.94. The number of amides is 1. The van der Waals surface area contributed by atoms with Crippen LogP contribution in [0.2, 0.25) is 0 Å². The molecule has 0 aliphatic heterocycles. The summed E-state index contributed by atoms with van der Waals surface area (Å²) in [5.74, 6) is 0.578. The van der Waals surface area contributed by atoms with Gasteiger partial charge in [0.05, 0.1) is 12.6 Å². The lowest BCUT2D eigenvalue weighted by Crippen LogP contribution is -2.43. The number of carbonyl (C=O) groups excluding carboxylic acids is 2. The Bertz CT molecular complexity index is 850. The molecule has 0 spiro atoms. The van der Waals surface area contributed by atoms with Crippen LogP contribution in [0.5, 0.6) is 5.75 Å². The fourth-order valence-electron chi connectivity index (χ4n) is 4.11. The second-order valence-corrected chi connectivity index (χ2v) is 7.88. The van der Waals surface area contributed by atoms with Crippen molar-refractivity contribution < 1.29 is 14.3 Å². The molecule has 1 amide bonds. The van der Waals surface area contributed by atoms with Crippen molar-refractivity contribution in [2.75, 3.05) is 13.7 Å². The predicted molar refractivity (Wildman–Crippen MR) is 110 cm³/mol. The van der Waals surface area contributed by atoms with Crippen molar-refractivity contribution in [3.05, 3.63) is 23.9 Å². The summed E-state index contributed by atoms with van der Waals surface area (Å²) in [4.78, 5) is 27.7. The van der Waals surface area contributed by atoms with E-state index in [9.17, 15) is 9.59 Å². The summed E-state index contributed by atoms with van der Waals surface area (Å²) in [6, 6.07) is 5.85. The Labute approximate surface area is 166 Å². The highest BCUT2D eigenvalue weighted by molar-refractivity contribution is 6.07. The van der Waals surface area contributed by atoms with Crippen molar-refractivity contribution in [2.24, 2.45) is 5.92 Å². The number of benzene rings is 1. The fourth-order valence-corrected chi connectivity index (χ4v) is 4.11. The van der Waals surface area contributed by atoms with Crippen LogP contribution >= 0.6 is 0 Å². The monoisotopic (exact) mass is 385 g/mol. The maximum absolute atomic E-state index is 13.1. The van der Waals surface area contributed by atoms with Crippen LogP contribution in [-0.4, -0.2) is 46.1 Å². The second kappa shape index (κ2) is 8.76. The summed E-state index contributed by atoms with van der Waals surface area (Å²) in [5, 5.41) is 5.32. The molecular formula is C22H31N3O3. The number of hydrogen-bond donors (Lipinski definition) is 0. The Morgan fingerprint density at radius 1 is 1.25 bits per heavy atom. The van der Waals surface area contributed by atoms with Crippen LogP contribution in [0.1, 0.15) is 63.4 Å². The molecule has 0 unspecified atom stereocenters. The third-order valence-corrected chi connectivity index (χ3v) is 5.68. The molecule has 2 aromatic rings. The number of ketones is 1. The zero-order valence-corrected chi connectivity index (χ0v) is 17.4. The normalized spacial score (nSPS) is 15.2. The standard InChI is InChI=1S/C22H31N3O3/c1-5-24(16-9-7-6-8-10-16)20(26)14-25-19-13-17(28-4)11-12-18(19)21(23-25)22(27)15(2)3/h11-13,15-16H,5-10,14H2,1-4H3. The van der Waals surface area contributed by atoms with Gasteiger partial charge in [-0.05, 0) is 31.9 Å². The molecule has 28 heavy (non-hydrogen) atoms. The third kappa shape index (κ3) is 4.05. The summed E-state index contributed by atoms with van der Waals surface area (Å²) in [7, 11) is 1.61. The number of Topliss-reactive ketones (excluding diaryl/α,β-unsaturated/α-hetero) is 1. The lowest BCUT2D eigenvalue weighted by Gasteiger charge is -2.33. The smallest absolute Gasteiger partial charge is 0.244 e. The summed E-state index contributed by atoms with van der Waals surface area (Å²) in [6.07, 6.45) is 5.77. The summed E-state index contributed by atoms with van der Waals surface area (Å²) in [5.41, 5.74) is 1.19. The maximum atomic E-state index is 13.1. The molecule has 6 heteroatoms. The van der Waals surface area contributed by atoms with E-state index in [1.165, 1.54) is 19.3 Å². The van der Waals surface area contributed by atoms with Gasteiger partial charge in [-0.25, -0.2) is 0 Å². The van der Waals surface area contributed by atoms with Gasteiger partial charge in [-0.2, -0.15) is 5.10 Å². The first-order valence-corrected chi connectivity index (χ1v) is 10.3. The maximum Gasteiger partial charge on any atom is 0.244 e. The minimum atomic E-state index is -0.154. The van der Waals surface area contributed by atoms with Gasteiger partial charge in [0.25, 0.3) is 0 Å². The second-order valence-electron chi connectivity index (χ2n) is 7.88. The number of rotatable bonds is 7. The van der Waals surface area contributed by atoms with E-state index >= 15 is 0 Å². The summed E-state index contributed by atoms with van der Waals surface area (Å²) < 4.78 is 7.01. The Morgan fingerprint density at radius 2 is 1.96 bits per heavy atom. The lowest BCUT2D eigenvalue weighted by molar-refractivity contribution is -0.134. The first-order valence-electron chi connectivity index (χ1n) is 10.3. The molecule has 1 aliphatic rings. The molecule has 1 aliphatic carbocycles. The molecule has 1 heterocycles. The summed E-state index contributed by atoms with van der Waals surface area (Å²) in [6.45, 7) is 6.60. The van der Waals surface area contributed by atoms with Crippen LogP contribution in [0.15, 0.2) is 18.2 Å². The minimum absolute atomic E-state index is 0.0130. The van der Waals surface area contributed by atoms with E-state index in [0.29, 0.717) is 24.0 Å². The zero-order valence-electron chi connectivity index (χ0n) is 17.4. The van der Waals surface area contributed by atoms with E-state index in [2.05, 4.69) is 5.10 Å². The average molecular weight is 386 g/mol. The van der Waals surface area contributed by atoms with Crippen LogP contribution in [0.4, 0.5) is 0 Å². The Hall–Kier alpha value is -2.37. The van der Waals surface area contributed by atoms with E-state index in [0.717, 1.165) is 23.7 Å². The van der Waals surface area contributed by atoms with Crippen molar-refractivity contribution >= 4 is 22.6 Å². The van der Waals surface area contributed by atoms with E-state index in [-0.39, 0.29) is 24.2 Å². The number of likely N-dealkylation sites (N-methyl/N-ethyl adjacent to an activating group) is 1. The van der Waals surface area contributed by atoms with Crippen LogP contribution in [0, 0.1) is 5.92 Å². The largest absolute Gasteiger partial charge is 0.497 e. The molecule has 6 nitrogen and oxygen atoms in total. The van der Waals surface area contributed by atoms with Crippen molar-refractivity contribution in [3.63, 3.8) is 0 Å². The van der Waals surface area contributed by atoms with Gasteiger partial charge >= 0.3 is 0 Å². The van der Waals surface area contributed by atoms with Gasteiger partial charge < -0.3 is 9.64 Å². The molecular weight excluding hydrogens is 354 g/mol. The molecule has 0 N–H and O–H groups in total.